The Morgan fingerprint density at radius 2 is 2.19 bits per heavy atom. The number of hydrogen-bond donors (Lipinski definition) is 2. The van der Waals surface area contributed by atoms with Gasteiger partial charge < -0.3 is 15.8 Å². The Bertz CT molecular complexity index is 268. The van der Waals surface area contributed by atoms with Crippen molar-refractivity contribution in [2.75, 3.05) is 6.61 Å². The summed E-state index contributed by atoms with van der Waals surface area (Å²) in [7, 11) is 0. The van der Waals surface area contributed by atoms with Gasteiger partial charge in [-0.15, -0.1) is 0 Å². The average molecular weight is 228 g/mol. The summed E-state index contributed by atoms with van der Waals surface area (Å²) in [6.07, 6.45) is 2.21. The summed E-state index contributed by atoms with van der Waals surface area (Å²) in [6.45, 7) is 8.78. The fourth-order valence-corrected chi connectivity index (χ4v) is 2.43. The fourth-order valence-electron chi connectivity index (χ4n) is 2.43. The second-order valence-electron chi connectivity index (χ2n) is 5.32. The van der Waals surface area contributed by atoms with E-state index in [1.807, 2.05) is 20.8 Å². The lowest BCUT2D eigenvalue weighted by molar-refractivity contribution is -0.142. The van der Waals surface area contributed by atoms with Crippen molar-refractivity contribution in [1.29, 1.82) is 0 Å². The van der Waals surface area contributed by atoms with Gasteiger partial charge in [0.05, 0.1) is 5.60 Å². The van der Waals surface area contributed by atoms with E-state index in [9.17, 15) is 4.79 Å². The lowest BCUT2D eigenvalue weighted by atomic mass is 9.78. The van der Waals surface area contributed by atoms with Crippen LogP contribution in [0.4, 0.5) is 0 Å². The number of nitrogens with two attached hydrogens (primary N) is 1. The molecule has 4 heteroatoms. The third kappa shape index (κ3) is 2.74. The zero-order valence-electron chi connectivity index (χ0n) is 10.8. The SMILES string of the molecule is CCC1(C)CC(NC(C)C)(C(N)=O)CCO1. The van der Waals surface area contributed by atoms with Crippen LogP contribution >= 0.6 is 0 Å². The van der Waals surface area contributed by atoms with Crippen LogP contribution < -0.4 is 11.1 Å². The zero-order chi connectivity index (χ0) is 12.4. The molecule has 0 spiro atoms. The van der Waals surface area contributed by atoms with Crippen molar-refractivity contribution in [2.24, 2.45) is 5.73 Å². The molecule has 1 heterocycles. The Morgan fingerprint density at radius 3 is 2.62 bits per heavy atom. The molecule has 4 nitrogen and oxygen atoms in total. The summed E-state index contributed by atoms with van der Waals surface area (Å²) < 4.78 is 5.75. The number of ether oxygens (including phenoxy) is 1. The second-order valence-corrected chi connectivity index (χ2v) is 5.32. The summed E-state index contributed by atoms with van der Waals surface area (Å²) in [5, 5.41) is 3.33. The first kappa shape index (κ1) is 13.5. The number of nitrogens with one attached hydrogen (secondary N) is 1. The van der Waals surface area contributed by atoms with Gasteiger partial charge in [-0.1, -0.05) is 6.92 Å². The minimum atomic E-state index is -0.600. The fraction of sp³-hybridized carbons (Fsp3) is 0.917. The van der Waals surface area contributed by atoms with E-state index in [-0.39, 0.29) is 17.6 Å². The Kier molecular flexibility index (Phi) is 3.97. The van der Waals surface area contributed by atoms with E-state index in [4.69, 9.17) is 10.5 Å². The molecule has 1 amide bonds. The van der Waals surface area contributed by atoms with Crippen molar-refractivity contribution in [3.8, 4) is 0 Å². The Morgan fingerprint density at radius 1 is 1.56 bits per heavy atom. The molecule has 1 aliphatic heterocycles. The van der Waals surface area contributed by atoms with E-state index >= 15 is 0 Å². The van der Waals surface area contributed by atoms with Crippen molar-refractivity contribution in [3.63, 3.8) is 0 Å². The summed E-state index contributed by atoms with van der Waals surface area (Å²) in [4.78, 5) is 11.7. The highest BCUT2D eigenvalue weighted by Crippen LogP contribution is 2.34. The molecule has 3 N–H and O–H groups in total. The molecule has 0 aliphatic carbocycles. The maximum atomic E-state index is 11.7. The molecule has 2 atom stereocenters. The molecule has 2 unspecified atom stereocenters. The van der Waals surface area contributed by atoms with E-state index < -0.39 is 5.54 Å². The Balaban J connectivity index is 2.89. The lowest BCUT2D eigenvalue weighted by Crippen LogP contribution is -2.63. The van der Waals surface area contributed by atoms with Gasteiger partial charge in [-0.3, -0.25) is 4.79 Å². The van der Waals surface area contributed by atoms with E-state index in [0.29, 0.717) is 19.4 Å². The highest BCUT2D eigenvalue weighted by atomic mass is 16.5. The van der Waals surface area contributed by atoms with E-state index in [1.165, 1.54) is 0 Å². The molecule has 0 aromatic heterocycles. The standard InChI is InChI=1S/C12H24N2O2/c1-5-11(4)8-12(10(13)15,6-7-16-11)14-9(2)3/h9,14H,5-8H2,1-4H3,(H2,13,15). The molecular weight excluding hydrogens is 204 g/mol. The maximum Gasteiger partial charge on any atom is 0.237 e. The quantitative estimate of drug-likeness (QED) is 0.759. The van der Waals surface area contributed by atoms with Crippen LogP contribution in [0.15, 0.2) is 0 Å². The Hall–Kier alpha value is -0.610. The van der Waals surface area contributed by atoms with Crippen LogP contribution in [0.2, 0.25) is 0 Å². The molecule has 1 rings (SSSR count). The molecule has 0 bridgehead atoms. The van der Waals surface area contributed by atoms with Crippen LogP contribution in [0, 0.1) is 0 Å². The third-order valence-electron chi connectivity index (χ3n) is 3.44. The highest BCUT2D eigenvalue weighted by Gasteiger charge is 2.46. The number of carbonyl (C=O) groups excluding carboxylic acids is 1. The second kappa shape index (κ2) is 4.72. The smallest absolute Gasteiger partial charge is 0.237 e. The molecule has 0 aromatic carbocycles. The van der Waals surface area contributed by atoms with Gasteiger partial charge >= 0.3 is 0 Å². The molecule has 0 saturated carbocycles. The molecule has 16 heavy (non-hydrogen) atoms. The number of hydrogen-bond acceptors (Lipinski definition) is 3. The van der Waals surface area contributed by atoms with Crippen LogP contribution in [-0.4, -0.2) is 29.7 Å². The van der Waals surface area contributed by atoms with Crippen molar-refractivity contribution >= 4 is 5.91 Å². The van der Waals surface area contributed by atoms with Gasteiger partial charge in [0.1, 0.15) is 5.54 Å². The normalized spacial score (nSPS) is 35.3. The highest BCUT2D eigenvalue weighted by molar-refractivity contribution is 5.85. The van der Waals surface area contributed by atoms with E-state index in [2.05, 4.69) is 12.2 Å². The van der Waals surface area contributed by atoms with E-state index in [1.54, 1.807) is 0 Å². The first-order valence-electron chi connectivity index (χ1n) is 6.05. The van der Waals surface area contributed by atoms with Crippen molar-refractivity contribution in [3.05, 3.63) is 0 Å². The van der Waals surface area contributed by atoms with Crippen LogP contribution in [0.1, 0.15) is 47.0 Å². The average Bonchev–Trinajstić information content (AvgIpc) is 2.16. The predicted octanol–water partition coefficient (Wildman–Crippen LogP) is 1.19. The minimum absolute atomic E-state index is 0.241. The topological polar surface area (TPSA) is 64.3 Å². The first-order chi connectivity index (χ1) is 7.33. The summed E-state index contributed by atoms with van der Waals surface area (Å²) in [6, 6.07) is 0.242. The molecule has 1 saturated heterocycles. The molecule has 1 fully saturated rings. The zero-order valence-corrected chi connectivity index (χ0v) is 10.8. The Labute approximate surface area is 97.9 Å². The predicted molar refractivity (Wildman–Crippen MR) is 64.1 cm³/mol. The number of primary amides is 1. The minimum Gasteiger partial charge on any atom is -0.375 e. The number of rotatable bonds is 4. The summed E-state index contributed by atoms with van der Waals surface area (Å²) in [5.74, 6) is -0.260. The third-order valence-corrected chi connectivity index (χ3v) is 3.44. The summed E-state index contributed by atoms with van der Waals surface area (Å²) >= 11 is 0. The van der Waals surface area contributed by atoms with Crippen LogP contribution in [0.5, 0.6) is 0 Å². The van der Waals surface area contributed by atoms with E-state index in [0.717, 1.165) is 6.42 Å². The van der Waals surface area contributed by atoms with Gasteiger partial charge in [0.2, 0.25) is 5.91 Å². The monoisotopic (exact) mass is 228 g/mol. The van der Waals surface area contributed by atoms with Crippen molar-refractivity contribution in [1.82, 2.24) is 5.32 Å². The molecule has 0 aromatic rings. The number of carbonyl (C=O) groups is 1. The van der Waals surface area contributed by atoms with Crippen LogP contribution in [0.3, 0.4) is 0 Å². The lowest BCUT2D eigenvalue weighted by Gasteiger charge is -2.45. The van der Waals surface area contributed by atoms with Gasteiger partial charge in [-0.05, 0) is 33.6 Å². The molecule has 1 aliphatic rings. The van der Waals surface area contributed by atoms with Gasteiger partial charge in [0.15, 0.2) is 0 Å². The molecule has 94 valence electrons. The largest absolute Gasteiger partial charge is 0.375 e. The van der Waals surface area contributed by atoms with Crippen LogP contribution in [-0.2, 0) is 9.53 Å². The van der Waals surface area contributed by atoms with Gasteiger partial charge in [-0.2, -0.15) is 0 Å². The summed E-state index contributed by atoms with van der Waals surface area (Å²) in [5.41, 5.74) is 4.73. The first-order valence-corrected chi connectivity index (χ1v) is 6.05. The van der Waals surface area contributed by atoms with Gasteiger partial charge in [-0.25, -0.2) is 0 Å². The molecule has 0 radical (unpaired) electrons. The van der Waals surface area contributed by atoms with Gasteiger partial charge in [0.25, 0.3) is 0 Å². The number of amides is 1. The van der Waals surface area contributed by atoms with Crippen molar-refractivity contribution < 1.29 is 9.53 Å². The van der Waals surface area contributed by atoms with Gasteiger partial charge in [0, 0.05) is 19.1 Å². The van der Waals surface area contributed by atoms with Crippen LogP contribution in [0.25, 0.3) is 0 Å². The van der Waals surface area contributed by atoms with Crippen molar-refractivity contribution in [2.45, 2.75) is 64.1 Å². The maximum absolute atomic E-state index is 11.7. The molecular formula is C12H24N2O2.